The molecular weight excluding hydrogens is 416 g/mol. The summed E-state index contributed by atoms with van der Waals surface area (Å²) >= 11 is 6.03. The molecule has 0 spiro atoms. The van der Waals surface area contributed by atoms with Crippen molar-refractivity contribution in [3.63, 3.8) is 0 Å². The standard InChI is InChI=1S/C24H19ClN2O4/c1-31-19-11-7-16(8-12-19)22(28)20-21(15-5-9-17(25)10-6-15)27(24(30)23(20)29)14-18-4-2-3-13-26-18/h2-13,21,28H,14H2,1H3/b22-20+. The normalized spacial score (nSPS) is 17.7. The smallest absolute Gasteiger partial charge is 0.296 e. The first-order valence-corrected chi connectivity index (χ1v) is 9.95. The van der Waals surface area contributed by atoms with Crippen molar-refractivity contribution in [3.8, 4) is 5.75 Å². The van der Waals surface area contributed by atoms with Gasteiger partial charge in [-0.2, -0.15) is 0 Å². The molecule has 1 saturated heterocycles. The third-order valence-electron chi connectivity index (χ3n) is 5.15. The maximum Gasteiger partial charge on any atom is 0.296 e. The number of halogens is 1. The molecule has 1 fully saturated rings. The van der Waals surface area contributed by atoms with Gasteiger partial charge in [-0.3, -0.25) is 14.6 Å². The van der Waals surface area contributed by atoms with Gasteiger partial charge in [-0.1, -0.05) is 29.8 Å². The molecule has 7 heteroatoms. The second kappa shape index (κ2) is 8.62. The summed E-state index contributed by atoms with van der Waals surface area (Å²) in [5, 5.41) is 11.6. The lowest BCUT2D eigenvalue weighted by molar-refractivity contribution is -0.140. The highest BCUT2D eigenvalue weighted by Gasteiger charge is 2.46. The van der Waals surface area contributed by atoms with Crippen molar-refractivity contribution in [2.24, 2.45) is 0 Å². The van der Waals surface area contributed by atoms with E-state index in [4.69, 9.17) is 16.3 Å². The molecule has 4 rings (SSSR count). The van der Waals surface area contributed by atoms with Crippen LogP contribution in [0.25, 0.3) is 5.76 Å². The highest BCUT2D eigenvalue weighted by atomic mass is 35.5. The van der Waals surface area contributed by atoms with E-state index in [-0.39, 0.29) is 17.9 Å². The molecule has 31 heavy (non-hydrogen) atoms. The van der Waals surface area contributed by atoms with Crippen molar-refractivity contribution in [2.75, 3.05) is 7.11 Å². The number of hydrogen-bond donors (Lipinski definition) is 1. The summed E-state index contributed by atoms with van der Waals surface area (Å²) in [4.78, 5) is 31.7. The number of ketones is 1. The molecule has 0 radical (unpaired) electrons. The number of hydrogen-bond acceptors (Lipinski definition) is 5. The van der Waals surface area contributed by atoms with Crippen LogP contribution in [0.15, 0.2) is 78.5 Å². The third-order valence-corrected chi connectivity index (χ3v) is 5.40. The number of aliphatic hydroxyl groups is 1. The number of likely N-dealkylation sites (tertiary alicyclic amines) is 1. The van der Waals surface area contributed by atoms with Gasteiger partial charge in [0.25, 0.3) is 11.7 Å². The summed E-state index contributed by atoms with van der Waals surface area (Å²) in [6.07, 6.45) is 1.63. The van der Waals surface area contributed by atoms with E-state index in [0.717, 1.165) is 0 Å². The first kappa shape index (κ1) is 20.6. The number of carbonyl (C=O) groups excluding carboxylic acids is 2. The highest BCUT2D eigenvalue weighted by molar-refractivity contribution is 6.46. The molecule has 2 aromatic carbocycles. The number of pyridine rings is 1. The van der Waals surface area contributed by atoms with E-state index in [1.165, 1.54) is 4.90 Å². The summed E-state index contributed by atoms with van der Waals surface area (Å²) in [7, 11) is 1.54. The Balaban J connectivity index is 1.84. The molecule has 1 atom stereocenters. The van der Waals surface area contributed by atoms with Gasteiger partial charge in [-0.25, -0.2) is 0 Å². The summed E-state index contributed by atoms with van der Waals surface area (Å²) in [5.41, 5.74) is 1.73. The summed E-state index contributed by atoms with van der Waals surface area (Å²) < 4.78 is 5.15. The number of aliphatic hydroxyl groups excluding tert-OH is 1. The van der Waals surface area contributed by atoms with Crippen LogP contribution in [0.1, 0.15) is 22.9 Å². The number of rotatable bonds is 5. The Hall–Kier alpha value is -3.64. The number of ether oxygens (including phenoxy) is 1. The second-order valence-electron chi connectivity index (χ2n) is 7.03. The van der Waals surface area contributed by atoms with E-state index in [0.29, 0.717) is 27.6 Å². The van der Waals surface area contributed by atoms with Crippen LogP contribution in [0.3, 0.4) is 0 Å². The second-order valence-corrected chi connectivity index (χ2v) is 7.46. The number of methoxy groups -OCH3 is 1. The number of nitrogens with zero attached hydrogens (tertiary/aromatic N) is 2. The molecule has 1 unspecified atom stereocenters. The van der Waals surface area contributed by atoms with Gasteiger partial charge in [0.05, 0.1) is 31.0 Å². The Morgan fingerprint density at radius 2 is 1.77 bits per heavy atom. The largest absolute Gasteiger partial charge is 0.507 e. The Kier molecular flexibility index (Phi) is 5.73. The van der Waals surface area contributed by atoms with Crippen LogP contribution >= 0.6 is 11.6 Å². The van der Waals surface area contributed by atoms with Crippen LogP contribution in [-0.4, -0.2) is 33.8 Å². The van der Waals surface area contributed by atoms with E-state index in [2.05, 4.69) is 4.98 Å². The van der Waals surface area contributed by atoms with Crippen LogP contribution in [-0.2, 0) is 16.1 Å². The first-order chi connectivity index (χ1) is 15.0. The molecule has 0 saturated carbocycles. The third kappa shape index (κ3) is 4.02. The zero-order valence-electron chi connectivity index (χ0n) is 16.7. The average molecular weight is 435 g/mol. The van der Waals surface area contributed by atoms with Crippen LogP contribution < -0.4 is 4.74 Å². The summed E-state index contributed by atoms with van der Waals surface area (Å²) in [6.45, 7) is 0.123. The van der Waals surface area contributed by atoms with Crippen molar-refractivity contribution in [1.29, 1.82) is 0 Å². The van der Waals surface area contributed by atoms with E-state index in [1.807, 2.05) is 6.07 Å². The number of aromatic nitrogens is 1. The molecule has 2 heterocycles. The van der Waals surface area contributed by atoms with Gasteiger partial charge in [0, 0.05) is 16.8 Å². The van der Waals surface area contributed by atoms with Crippen LogP contribution in [0, 0.1) is 0 Å². The van der Waals surface area contributed by atoms with Gasteiger partial charge in [-0.15, -0.1) is 0 Å². The van der Waals surface area contributed by atoms with Gasteiger partial charge in [0.15, 0.2) is 0 Å². The molecule has 1 amide bonds. The summed E-state index contributed by atoms with van der Waals surface area (Å²) in [5.74, 6) is -1.07. The van der Waals surface area contributed by atoms with Gasteiger partial charge in [0.2, 0.25) is 0 Å². The molecule has 0 aliphatic carbocycles. The van der Waals surface area contributed by atoms with E-state index < -0.39 is 17.7 Å². The fourth-order valence-corrected chi connectivity index (χ4v) is 3.73. The Bertz CT molecular complexity index is 1140. The predicted octanol–water partition coefficient (Wildman–Crippen LogP) is 4.37. The van der Waals surface area contributed by atoms with E-state index in [1.54, 1.807) is 74.0 Å². The molecule has 1 aromatic heterocycles. The average Bonchev–Trinajstić information content (AvgIpc) is 3.05. The number of carbonyl (C=O) groups is 2. The maximum absolute atomic E-state index is 13.0. The monoisotopic (exact) mass is 434 g/mol. The number of Topliss-reactive ketones (excluding diaryl/α,β-unsaturated/α-hetero) is 1. The predicted molar refractivity (Wildman–Crippen MR) is 117 cm³/mol. The van der Waals surface area contributed by atoms with Crippen molar-refractivity contribution in [2.45, 2.75) is 12.6 Å². The molecule has 1 aliphatic rings. The van der Waals surface area contributed by atoms with Gasteiger partial charge < -0.3 is 14.7 Å². The molecule has 3 aromatic rings. The number of amides is 1. The fraction of sp³-hybridized carbons (Fsp3) is 0.125. The lowest BCUT2D eigenvalue weighted by atomic mass is 9.95. The Morgan fingerprint density at radius 3 is 2.39 bits per heavy atom. The topological polar surface area (TPSA) is 79.7 Å². The maximum atomic E-state index is 13.0. The number of benzene rings is 2. The van der Waals surface area contributed by atoms with Crippen molar-refractivity contribution >= 4 is 29.1 Å². The zero-order valence-corrected chi connectivity index (χ0v) is 17.4. The van der Waals surface area contributed by atoms with Crippen LogP contribution in [0.4, 0.5) is 0 Å². The molecule has 1 aliphatic heterocycles. The lowest BCUT2D eigenvalue weighted by Gasteiger charge is -2.25. The molecule has 1 N–H and O–H groups in total. The summed E-state index contributed by atoms with van der Waals surface area (Å²) in [6, 6.07) is 18.1. The SMILES string of the molecule is COc1ccc(/C(O)=C2\C(=O)C(=O)N(Cc3ccccn3)C2c2ccc(Cl)cc2)cc1. The molecule has 156 valence electrons. The van der Waals surface area contributed by atoms with Crippen LogP contribution in [0.5, 0.6) is 5.75 Å². The van der Waals surface area contributed by atoms with Crippen LogP contribution in [0.2, 0.25) is 5.02 Å². The molecule has 0 bridgehead atoms. The van der Waals surface area contributed by atoms with Crippen molar-refractivity contribution in [3.05, 3.63) is 100 Å². The highest BCUT2D eigenvalue weighted by Crippen LogP contribution is 2.40. The molecular formula is C24H19ClN2O4. The lowest BCUT2D eigenvalue weighted by Crippen LogP contribution is -2.29. The molecule has 6 nitrogen and oxygen atoms in total. The first-order valence-electron chi connectivity index (χ1n) is 9.58. The quantitative estimate of drug-likeness (QED) is 0.366. The minimum atomic E-state index is -0.777. The van der Waals surface area contributed by atoms with E-state index in [9.17, 15) is 14.7 Å². The minimum Gasteiger partial charge on any atom is -0.507 e. The zero-order chi connectivity index (χ0) is 22.0. The van der Waals surface area contributed by atoms with Crippen molar-refractivity contribution in [1.82, 2.24) is 9.88 Å². The van der Waals surface area contributed by atoms with Gasteiger partial charge in [-0.05, 0) is 54.1 Å². The fourth-order valence-electron chi connectivity index (χ4n) is 3.61. The minimum absolute atomic E-state index is 0.0217. The Labute approximate surface area is 184 Å². The van der Waals surface area contributed by atoms with Gasteiger partial charge in [0.1, 0.15) is 11.5 Å². The van der Waals surface area contributed by atoms with E-state index >= 15 is 0 Å². The van der Waals surface area contributed by atoms with Gasteiger partial charge >= 0.3 is 0 Å². The Morgan fingerprint density at radius 1 is 1.06 bits per heavy atom. The van der Waals surface area contributed by atoms with Crippen molar-refractivity contribution < 1.29 is 19.4 Å².